The molecule has 194 valence electrons. The third kappa shape index (κ3) is 5.06. The molecule has 0 saturated carbocycles. The van der Waals surface area contributed by atoms with Gasteiger partial charge in [0.15, 0.2) is 0 Å². The first-order valence-electron chi connectivity index (χ1n) is 13.1. The fourth-order valence-corrected chi connectivity index (χ4v) is 6.47. The van der Waals surface area contributed by atoms with Crippen molar-refractivity contribution < 1.29 is 0 Å². The lowest BCUT2D eigenvalue weighted by Gasteiger charge is -2.08. The van der Waals surface area contributed by atoms with Crippen molar-refractivity contribution >= 4 is 40.0 Å². The molecular weight excluding hydrogens is 533 g/mol. The molecule has 0 unspecified atom stereocenters. The van der Waals surface area contributed by atoms with Crippen molar-refractivity contribution in [2.45, 2.75) is 6.42 Å². The highest BCUT2D eigenvalue weighted by atomic mass is 32.1. The van der Waals surface area contributed by atoms with Crippen LogP contribution in [0.15, 0.2) is 103 Å². The van der Waals surface area contributed by atoms with Crippen LogP contribution in [-0.4, -0.2) is 39.2 Å². The molecule has 0 saturated heterocycles. The van der Waals surface area contributed by atoms with Crippen LogP contribution in [0, 0.1) is 0 Å². The molecule has 6 heterocycles. The smallest absolute Gasteiger partial charge is 0.124 e. The van der Waals surface area contributed by atoms with Gasteiger partial charge in [-0.1, -0.05) is 42.5 Å². The SMILES string of the molecule is C1=CC(c2cc(-c3ncc(-c4ccc(-c5cnc(-c6ccnc(C7=CCCN=C7)c6)s5)cc4)s3)ccn2)=CNC1. The summed E-state index contributed by atoms with van der Waals surface area (Å²) in [5.74, 6) is 0. The van der Waals surface area contributed by atoms with Crippen molar-refractivity contribution in [3.8, 4) is 42.0 Å². The van der Waals surface area contributed by atoms with Crippen LogP contribution in [0.2, 0.25) is 0 Å². The summed E-state index contributed by atoms with van der Waals surface area (Å²) in [6, 6.07) is 16.9. The van der Waals surface area contributed by atoms with Gasteiger partial charge in [-0.15, -0.1) is 22.7 Å². The van der Waals surface area contributed by atoms with E-state index in [0.29, 0.717) is 0 Å². The minimum atomic E-state index is 0.849. The number of aromatic nitrogens is 4. The second-order valence-corrected chi connectivity index (χ2v) is 11.5. The molecule has 0 radical (unpaired) electrons. The Morgan fingerprint density at radius 3 is 1.85 bits per heavy atom. The number of thiazole rings is 2. The van der Waals surface area contributed by atoms with Crippen LogP contribution in [0.5, 0.6) is 0 Å². The lowest BCUT2D eigenvalue weighted by molar-refractivity contribution is 0.974. The van der Waals surface area contributed by atoms with E-state index in [2.05, 4.69) is 74.9 Å². The first kappa shape index (κ1) is 24.5. The number of dihydropyridines is 2. The molecule has 0 fully saturated rings. The quantitative estimate of drug-likeness (QED) is 0.236. The third-order valence-electron chi connectivity index (χ3n) is 6.71. The third-order valence-corrected chi connectivity index (χ3v) is 8.91. The molecule has 7 rings (SSSR count). The van der Waals surface area contributed by atoms with Gasteiger partial charge in [-0.3, -0.25) is 15.0 Å². The minimum absolute atomic E-state index is 0.849. The molecule has 6 nitrogen and oxygen atoms in total. The molecule has 1 N–H and O–H groups in total. The first-order chi connectivity index (χ1) is 19.8. The van der Waals surface area contributed by atoms with Gasteiger partial charge < -0.3 is 5.32 Å². The van der Waals surface area contributed by atoms with Crippen molar-refractivity contribution in [2.24, 2.45) is 4.99 Å². The fourth-order valence-electron chi connectivity index (χ4n) is 4.63. The van der Waals surface area contributed by atoms with Crippen molar-refractivity contribution in [3.05, 3.63) is 109 Å². The van der Waals surface area contributed by atoms with Crippen LogP contribution >= 0.6 is 22.7 Å². The Hall–Kier alpha value is -4.53. The summed E-state index contributed by atoms with van der Waals surface area (Å²) in [5.41, 5.74) is 8.47. The minimum Gasteiger partial charge on any atom is -0.387 e. The van der Waals surface area contributed by atoms with Crippen molar-refractivity contribution in [2.75, 3.05) is 13.1 Å². The van der Waals surface area contributed by atoms with E-state index in [-0.39, 0.29) is 0 Å². The van der Waals surface area contributed by atoms with E-state index in [4.69, 9.17) is 9.97 Å². The normalized spacial score (nSPS) is 14.5. The highest BCUT2D eigenvalue weighted by Gasteiger charge is 2.12. The van der Waals surface area contributed by atoms with Gasteiger partial charge in [0.1, 0.15) is 10.0 Å². The van der Waals surface area contributed by atoms with E-state index >= 15 is 0 Å². The second-order valence-electron chi connectivity index (χ2n) is 9.39. The summed E-state index contributed by atoms with van der Waals surface area (Å²) in [6.45, 7) is 1.70. The predicted octanol–water partition coefficient (Wildman–Crippen LogP) is 7.42. The van der Waals surface area contributed by atoms with Gasteiger partial charge in [0.05, 0.1) is 21.1 Å². The zero-order valence-electron chi connectivity index (χ0n) is 21.5. The molecule has 8 heteroatoms. The van der Waals surface area contributed by atoms with Gasteiger partial charge in [0.25, 0.3) is 0 Å². The number of benzene rings is 1. The van der Waals surface area contributed by atoms with Gasteiger partial charge in [-0.2, -0.15) is 0 Å². The predicted molar refractivity (Wildman–Crippen MR) is 166 cm³/mol. The molecule has 0 bridgehead atoms. The van der Waals surface area contributed by atoms with Gasteiger partial charge in [-0.05, 0) is 41.8 Å². The van der Waals surface area contributed by atoms with E-state index in [1.807, 2.05) is 49.3 Å². The summed E-state index contributed by atoms with van der Waals surface area (Å²) >= 11 is 3.38. The number of hydrogen-bond acceptors (Lipinski definition) is 8. The Kier molecular flexibility index (Phi) is 6.69. The highest BCUT2D eigenvalue weighted by molar-refractivity contribution is 7.18. The molecule has 2 aliphatic rings. The molecule has 40 heavy (non-hydrogen) atoms. The maximum atomic E-state index is 4.72. The molecule has 0 spiro atoms. The van der Waals surface area contributed by atoms with Crippen molar-refractivity contribution in [1.82, 2.24) is 25.3 Å². The molecule has 5 aromatic rings. The second kappa shape index (κ2) is 10.9. The summed E-state index contributed by atoms with van der Waals surface area (Å²) in [6.07, 6.45) is 18.9. The number of allylic oxidation sites excluding steroid dienone is 3. The Morgan fingerprint density at radius 2 is 1.30 bits per heavy atom. The molecule has 0 amide bonds. The maximum Gasteiger partial charge on any atom is 0.124 e. The maximum absolute atomic E-state index is 4.72. The molecule has 1 aromatic carbocycles. The number of aliphatic imine (C=N–C) groups is 1. The summed E-state index contributed by atoms with van der Waals surface area (Å²) in [5, 5.41) is 5.21. The van der Waals surface area contributed by atoms with Crippen LogP contribution in [-0.2, 0) is 0 Å². The van der Waals surface area contributed by atoms with Crippen LogP contribution in [0.4, 0.5) is 0 Å². The first-order valence-corrected chi connectivity index (χ1v) is 14.7. The molecular formula is C32H24N6S2. The number of rotatable bonds is 6. The monoisotopic (exact) mass is 556 g/mol. The number of pyridine rings is 2. The van der Waals surface area contributed by atoms with Crippen LogP contribution < -0.4 is 5.32 Å². The average Bonchev–Trinajstić information content (AvgIpc) is 3.74. The number of nitrogens with one attached hydrogen (secondary N) is 1. The van der Waals surface area contributed by atoms with Crippen LogP contribution in [0.3, 0.4) is 0 Å². The van der Waals surface area contributed by atoms with E-state index < -0.39 is 0 Å². The topological polar surface area (TPSA) is 76.0 Å². The Morgan fingerprint density at radius 1 is 0.675 bits per heavy atom. The van der Waals surface area contributed by atoms with E-state index in [0.717, 1.165) is 84.1 Å². The van der Waals surface area contributed by atoms with E-state index in [1.165, 1.54) is 0 Å². The molecule has 4 aromatic heterocycles. The fraction of sp³-hybridized carbons (Fsp3) is 0.0938. The van der Waals surface area contributed by atoms with Crippen LogP contribution in [0.25, 0.3) is 53.2 Å². The zero-order valence-corrected chi connectivity index (χ0v) is 23.1. The molecule has 2 aliphatic heterocycles. The van der Waals surface area contributed by atoms with Crippen molar-refractivity contribution in [3.63, 3.8) is 0 Å². The number of nitrogens with zero attached hydrogens (tertiary/aromatic N) is 5. The molecule has 0 aliphatic carbocycles. The molecule has 0 atom stereocenters. The summed E-state index contributed by atoms with van der Waals surface area (Å²) in [7, 11) is 0. The summed E-state index contributed by atoms with van der Waals surface area (Å²) < 4.78 is 0. The Bertz CT molecular complexity index is 1670. The summed E-state index contributed by atoms with van der Waals surface area (Å²) in [4.78, 5) is 25.2. The zero-order chi connectivity index (χ0) is 26.7. The number of hydrogen-bond donors (Lipinski definition) is 1. The average molecular weight is 557 g/mol. The lowest BCUT2D eigenvalue weighted by Crippen LogP contribution is -2.09. The van der Waals surface area contributed by atoms with E-state index in [1.54, 1.807) is 22.7 Å². The standard InChI is InChI=1S/C32H24N6S2/c1-3-25(17-33-11-1)27-15-23(9-13-35-27)31-37-19-29(39-31)21-5-7-22(8-6-21)30-20-38-32(40-30)24-10-14-36-28(16-24)26-4-2-12-34-18-26/h1,3-10,13-20,33H,2,11-12H2. The highest BCUT2D eigenvalue weighted by Crippen LogP contribution is 2.36. The van der Waals surface area contributed by atoms with Gasteiger partial charge in [0.2, 0.25) is 0 Å². The largest absolute Gasteiger partial charge is 0.387 e. The van der Waals surface area contributed by atoms with Gasteiger partial charge in [-0.25, -0.2) is 9.97 Å². The van der Waals surface area contributed by atoms with E-state index in [9.17, 15) is 0 Å². The lowest BCUT2D eigenvalue weighted by atomic mass is 10.1. The Balaban J connectivity index is 1.09. The van der Waals surface area contributed by atoms with Crippen LogP contribution in [0.1, 0.15) is 17.8 Å². The van der Waals surface area contributed by atoms with Crippen molar-refractivity contribution in [1.29, 1.82) is 0 Å². The van der Waals surface area contributed by atoms with Gasteiger partial charge >= 0.3 is 0 Å². The Labute approximate surface area is 240 Å². The van der Waals surface area contributed by atoms with Gasteiger partial charge in [0, 0.05) is 72.6 Å².